The maximum Gasteiger partial charge on any atom is 0.332 e. The van der Waals surface area contributed by atoms with Gasteiger partial charge in [-0.05, 0) is 48.5 Å². The number of carbonyl (C=O) groups is 1. The van der Waals surface area contributed by atoms with Gasteiger partial charge in [0.2, 0.25) is 0 Å². The SMILES string of the molecule is Nc1ccc(C(=O)Nc2ccc(S(=O)(=O)F)cc2)cc1. The van der Waals surface area contributed by atoms with Gasteiger partial charge < -0.3 is 11.1 Å². The average molecular weight is 294 g/mol. The first-order valence-electron chi connectivity index (χ1n) is 5.58. The second-order valence-electron chi connectivity index (χ2n) is 4.04. The van der Waals surface area contributed by atoms with E-state index < -0.39 is 15.1 Å². The maximum atomic E-state index is 12.7. The fraction of sp³-hybridized carbons (Fsp3) is 0. The van der Waals surface area contributed by atoms with Crippen LogP contribution in [-0.2, 0) is 10.2 Å². The molecule has 20 heavy (non-hydrogen) atoms. The molecule has 0 bridgehead atoms. The van der Waals surface area contributed by atoms with Gasteiger partial charge in [-0.15, -0.1) is 3.89 Å². The van der Waals surface area contributed by atoms with E-state index in [2.05, 4.69) is 5.32 Å². The number of nitrogens with two attached hydrogens (primary N) is 1. The third kappa shape index (κ3) is 3.33. The van der Waals surface area contributed by atoms with Crippen molar-refractivity contribution in [1.82, 2.24) is 0 Å². The van der Waals surface area contributed by atoms with Crippen molar-refractivity contribution >= 4 is 27.5 Å². The van der Waals surface area contributed by atoms with Crippen LogP contribution < -0.4 is 11.1 Å². The molecule has 2 aromatic carbocycles. The molecule has 7 heteroatoms. The number of hydrogen-bond acceptors (Lipinski definition) is 4. The van der Waals surface area contributed by atoms with E-state index in [0.29, 0.717) is 16.9 Å². The Bertz CT molecular complexity index is 725. The fourth-order valence-corrected chi connectivity index (χ4v) is 2.00. The predicted molar refractivity (Wildman–Crippen MR) is 73.5 cm³/mol. The molecule has 0 aromatic heterocycles. The van der Waals surface area contributed by atoms with Crippen molar-refractivity contribution in [3.8, 4) is 0 Å². The van der Waals surface area contributed by atoms with Crippen LogP contribution in [0.1, 0.15) is 10.4 Å². The Labute approximate surface area is 115 Å². The van der Waals surface area contributed by atoms with E-state index in [-0.39, 0.29) is 5.91 Å². The van der Waals surface area contributed by atoms with Crippen molar-refractivity contribution in [2.24, 2.45) is 0 Å². The highest BCUT2D eigenvalue weighted by atomic mass is 32.3. The van der Waals surface area contributed by atoms with Gasteiger partial charge in [0.15, 0.2) is 0 Å². The summed E-state index contributed by atoms with van der Waals surface area (Å²) in [6, 6.07) is 11.1. The number of rotatable bonds is 3. The van der Waals surface area contributed by atoms with Gasteiger partial charge in [0.1, 0.15) is 0 Å². The number of benzene rings is 2. The van der Waals surface area contributed by atoms with Crippen LogP contribution in [0.5, 0.6) is 0 Å². The Kier molecular flexibility index (Phi) is 3.71. The molecule has 0 atom stereocenters. The molecule has 0 unspecified atom stereocenters. The summed E-state index contributed by atoms with van der Waals surface area (Å²) in [6.07, 6.45) is 0. The van der Waals surface area contributed by atoms with Crippen LogP contribution in [0.25, 0.3) is 0 Å². The second-order valence-corrected chi connectivity index (χ2v) is 5.39. The molecule has 0 radical (unpaired) electrons. The van der Waals surface area contributed by atoms with Gasteiger partial charge in [0.25, 0.3) is 5.91 Å². The maximum absolute atomic E-state index is 12.7. The molecule has 0 fully saturated rings. The minimum absolute atomic E-state index is 0.360. The Morgan fingerprint density at radius 2 is 1.55 bits per heavy atom. The minimum Gasteiger partial charge on any atom is -0.399 e. The summed E-state index contributed by atoms with van der Waals surface area (Å²) >= 11 is 0. The molecule has 1 amide bonds. The van der Waals surface area contributed by atoms with Crippen molar-refractivity contribution in [3.63, 3.8) is 0 Å². The largest absolute Gasteiger partial charge is 0.399 e. The third-order valence-corrected chi connectivity index (χ3v) is 3.40. The van der Waals surface area contributed by atoms with Crippen LogP contribution in [0.15, 0.2) is 53.4 Å². The zero-order chi connectivity index (χ0) is 14.8. The fourth-order valence-electron chi connectivity index (χ4n) is 1.54. The molecule has 2 aromatic rings. The summed E-state index contributed by atoms with van der Waals surface area (Å²) in [4.78, 5) is 11.4. The number of carbonyl (C=O) groups excluding carboxylic acids is 1. The lowest BCUT2D eigenvalue weighted by Gasteiger charge is -2.05. The number of amides is 1. The molecule has 0 spiro atoms. The van der Waals surface area contributed by atoms with E-state index in [1.165, 1.54) is 12.1 Å². The van der Waals surface area contributed by atoms with Crippen LogP contribution in [0, 0.1) is 0 Å². The van der Waals surface area contributed by atoms with Gasteiger partial charge in [0, 0.05) is 16.9 Å². The molecule has 0 aliphatic carbocycles. The standard InChI is InChI=1S/C13H11FN2O3S/c14-20(18,19)12-7-5-11(6-8-12)16-13(17)9-1-3-10(15)4-2-9/h1-8H,15H2,(H,16,17). The topological polar surface area (TPSA) is 89.3 Å². The van der Waals surface area contributed by atoms with Crippen LogP contribution in [0.2, 0.25) is 0 Å². The first-order valence-corrected chi connectivity index (χ1v) is 6.96. The van der Waals surface area contributed by atoms with Crippen LogP contribution in [0.4, 0.5) is 15.3 Å². The number of anilines is 2. The number of nitrogens with one attached hydrogen (secondary N) is 1. The molecular weight excluding hydrogens is 283 g/mol. The summed E-state index contributed by atoms with van der Waals surface area (Å²) in [6.45, 7) is 0. The summed E-state index contributed by atoms with van der Waals surface area (Å²) in [5, 5.41) is 2.56. The lowest BCUT2D eigenvalue weighted by atomic mass is 10.2. The molecule has 0 aliphatic heterocycles. The van der Waals surface area contributed by atoms with Gasteiger partial charge in [-0.25, -0.2) is 0 Å². The van der Waals surface area contributed by atoms with Crippen molar-refractivity contribution < 1.29 is 17.1 Å². The van der Waals surface area contributed by atoms with E-state index in [4.69, 9.17) is 5.73 Å². The van der Waals surface area contributed by atoms with Crippen LogP contribution >= 0.6 is 0 Å². The van der Waals surface area contributed by atoms with E-state index >= 15 is 0 Å². The Morgan fingerprint density at radius 1 is 1.00 bits per heavy atom. The Hall–Kier alpha value is -2.41. The average Bonchev–Trinajstić information content (AvgIpc) is 2.39. The van der Waals surface area contributed by atoms with Gasteiger partial charge >= 0.3 is 10.2 Å². The molecule has 104 valence electrons. The lowest BCUT2D eigenvalue weighted by molar-refractivity contribution is 0.102. The first-order chi connectivity index (χ1) is 9.36. The minimum atomic E-state index is -4.73. The predicted octanol–water partition coefficient (Wildman–Crippen LogP) is 2.18. The third-order valence-electron chi connectivity index (χ3n) is 2.57. The van der Waals surface area contributed by atoms with E-state index in [1.54, 1.807) is 24.3 Å². The zero-order valence-corrected chi connectivity index (χ0v) is 11.0. The van der Waals surface area contributed by atoms with Gasteiger partial charge in [0.05, 0.1) is 4.90 Å². The number of halogens is 1. The molecule has 5 nitrogen and oxygen atoms in total. The smallest absolute Gasteiger partial charge is 0.332 e. The molecule has 0 aliphatic rings. The lowest BCUT2D eigenvalue weighted by Crippen LogP contribution is -2.11. The van der Waals surface area contributed by atoms with Gasteiger partial charge in [-0.2, -0.15) is 8.42 Å². The molecule has 3 N–H and O–H groups in total. The van der Waals surface area contributed by atoms with E-state index in [9.17, 15) is 17.1 Å². The molecule has 0 heterocycles. The van der Waals surface area contributed by atoms with Crippen LogP contribution in [-0.4, -0.2) is 14.3 Å². The normalized spacial score (nSPS) is 11.1. The van der Waals surface area contributed by atoms with E-state index in [0.717, 1.165) is 12.1 Å². The van der Waals surface area contributed by atoms with Crippen LogP contribution in [0.3, 0.4) is 0 Å². The highest BCUT2D eigenvalue weighted by molar-refractivity contribution is 7.86. The van der Waals surface area contributed by atoms with Crippen molar-refractivity contribution in [3.05, 3.63) is 54.1 Å². The Balaban J connectivity index is 2.14. The van der Waals surface area contributed by atoms with Crippen molar-refractivity contribution in [2.75, 3.05) is 11.1 Å². The molecular formula is C13H11FN2O3S. The van der Waals surface area contributed by atoms with Gasteiger partial charge in [-0.1, -0.05) is 0 Å². The highest BCUT2D eigenvalue weighted by Gasteiger charge is 2.12. The molecule has 2 rings (SSSR count). The second kappa shape index (κ2) is 5.30. The highest BCUT2D eigenvalue weighted by Crippen LogP contribution is 2.16. The number of nitrogen functional groups attached to an aromatic ring is 1. The van der Waals surface area contributed by atoms with Gasteiger partial charge in [-0.3, -0.25) is 4.79 Å². The quantitative estimate of drug-likeness (QED) is 0.670. The Morgan fingerprint density at radius 3 is 2.05 bits per heavy atom. The first kappa shape index (κ1) is 14.0. The van der Waals surface area contributed by atoms with Crippen molar-refractivity contribution in [1.29, 1.82) is 0 Å². The summed E-state index contributed by atoms with van der Waals surface area (Å²) in [5.41, 5.74) is 6.82. The summed E-state index contributed by atoms with van der Waals surface area (Å²) in [5.74, 6) is -0.374. The summed E-state index contributed by atoms with van der Waals surface area (Å²) < 4.78 is 34.0. The molecule has 0 saturated heterocycles. The summed E-state index contributed by atoms with van der Waals surface area (Å²) in [7, 11) is -4.73. The monoisotopic (exact) mass is 294 g/mol. The zero-order valence-electron chi connectivity index (χ0n) is 10.2. The van der Waals surface area contributed by atoms with E-state index in [1.807, 2.05) is 0 Å². The number of hydrogen-bond donors (Lipinski definition) is 2. The molecule has 0 saturated carbocycles. The van der Waals surface area contributed by atoms with Crippen molar-refractivity contribution in [2.45, 2.75) is 4.90 Å².